The van der Waals surface area contributed by atoms with Gasteiger partial charge in [-0.05, 0) is 30.7 Å². The molecule has 0 aliphatic heterocycles. The van der Waals surface area contributed by atoms with Crippen LogP contribution in [0.4, 0.5) is 5.69 Å². The second-order valence-electron chi connectivity index (χ2n) is 4.91. The number of carbonyl (C=O) groups excluding carboxylic acids is 1. The molecule has 2 aromatic rings. The van der Waals surface area contributed by atoms with E-state index in [1.165, 1.54) is 18.2 Å². The molecule has 0 aliphatic carbocycles. The second kappa shape index (κ2) is 8.17. The van der Waals surface area contributed by atoms with Crippen molar-refractivity contribution < 1.29 is 24.7 Å². The molecule has 2 rings (SSSR count). The summed E-state index contributed by atoms with van der Waals surface area (Å²) < 4.78 is 5.08. The highest BCUT2D eigenvalue weighted by Crippen LogP contribution is 2.31. The van der Waals surface area contributed by atoms with E-state index >= 15 is 0 Å². The van der Waals surface area contributed by atoms with E-state index in [-0.39, 0.29) is 39.9 Å². The van der Waals surface area contributed by atoms with Gasteiger partial charge >= 0.3 is 0 Å². The molecule has 0 fully saturated rings. The van der Waals surface area contributed by atoms with Crippen LogP contribution in [0.5, 0.6) is 17.2 Å². The molecule has 0 unspecified atom stereocenters. The first-order valence-corrected chi connectivity index (χ1v) is 7.65. The number of ether oxygens (including phenoxy) is 1. The van der Waals surface area contributed by atoms with Crippen LogP contribution in [0.1, 0.15) is 22.8 Å². The van der Waals surface area contributed by atoms with Gasteiger partial charge in [-0.1, -0.05) is 17.4 Å². The Labute approximate surface area is 152 Å². The topological polar surface area (TPSA) is 137 Å². The SMILES string of the molecule is CCOc1cc([N+](=O)[O-])cc(/C=N/NC(=O)c2cc(Cl)ccc2O)c1[O-]. The summed E-state index contributed by atoms with van der Waals surface area (Å²) in [5.74, 6) is -1.88. The molecule has 2 aromatic carbocycles. The first-order chi connectivity index (χ1) is 12.3. The van der Waals surface area contributed by atoms with E-state index in [0.717, 1.165) is 18.3 Å². The highest BCUT2D eigenvalue weighted by Gasteiger charge is 2.13. The van der Waals surface area contributed by atoms with Crippen LogP contribution in [0.3, 0.4) is 0 Å². The van der Waals surface area contributed by atoms with Crippen LogP contribution < -0.4 is 15.3 Å². The predicted molar refractivity (Wildman–Crippen MR) is 91.9 cm³/mol. The molecule has 0 atom stereocenters. The van der Waals surface area contributed by atoms with Gasteiger partial charge in [0.25, 0.3) is 11.6 Å². The van der Waals surface area contributed by atoms with Gasteiger partial charge in [0.15, 0.2) is 0 Å². The molecule has 0 bridgehead atoms. The third kappa shape index (κ3) is 4.39. The molecule has 1 amide bonds. The highest BCUT2D eigenvalue weighted by atomic mass is 35.5. The third-order valence-electron chi connectivity index (χ3n) is 3.15. The standard InChI is InChI=1S/C16H14ClN3O6/c1-2-26-14-7-11(20(24)25)5-9(15(14)22)8-18-19-16(23)12-6-10(17)3-4-13(12)21/h3-8,21-22H,2H2,1H3,(H,19,23)/p-1/b18-8+. The Hall–Kier alpha value is -3.33. The van der Waals surface area contributed by atoms with Gasteiger partial charge in [-0.25, -0.2) is 5.43 Å². The lowest BCUT2D eigenvalue weighted by Gasteiger charge is -2.16. The van der Waals surface area contributed by atoms with Gasteiger partial charge in [0, 0.05) is 11.1 Å². The molecule has 26 heavy (non-hydrogen) atoms. The van der Waals surface area contributed by atoms with Crippen LogP contribution in [-0.2, 0) is 0 Å². The molecule has 10 heteroatoms. The van der Waals surface area contributed by atoms with Gasteiger partial charge in [0.1, 0.15) is 11.5 Å². The molecule has 0 spiro atoms. The zero-order valence-electron chi connectivity index (χ0n) is 13.4. The zero-order chi connectivity index (χ0) is 19.3. The van der Waals surface area contributed by atoms with Gasteiger partial charge in [-0.3, -0.25) is 14.9 Å². The Balaban J connectivity index is 2.25. The fourth-order valence-electron chi connectivity index (χ4n) is 1.98. The number of halogens is 1. The number of nitro groups is 1. The van der Waals surface area contributed by atoms with Crippen molar-refractivity contribution in [2.45, 2.75) is 6.92 Å². The molecule has 0 radical (unpaired) electrons. The van der Waals surface area contributed by atoms with Crippen LogP contribution in [-0.4, -0.2) is 28.8 Å². The van der Waals surface area contributed by atoms with Crippen LogP contribution in [0.15, 0.2) is 35.4 Å². The molecule has 2 N–H and O–H groups in total. The number of non-ortho nitro benzene ring substituents is 1. The summed E-state index contributed by atoms with van der Waals surface area (Å²) in [5, 5.41) is 36.6. The number of carbonyl (C=O) groups is 1. The summed E-state index contributed by atoms with van der Waals surface area (Å²) in [6.07, 6.45) is 0.956. The Kier molecular flexibility index (Phi) is 5.97. The average Bonchev–Trinajstić information content (AvgIpc) is 2.59. The van der Waals surface area contributed by atoms with Crippen LogP contribution in [0.25, 0.3) is 0 Å². The lowest BCUT2D eigenvalue weighted by Crippen LogP contribution is -2.18. The van der Waals surface area contributed by atoms with E-state index in [2.05, 4.69) is 10.5 Å². The number of rotatable bonds is 6. The molecule has 0 aromatic heterocycles. The van der Waals surface area contributed by atoms with Crippen LogP contribution in [0.2, 0.25) is 5.02 Å². The van der Waals surface area contributed by atoms with Crippen LogP contribution in [0, 0.1) is 10.1 Å². The van der Waals surface area contributed by atoms with Gasteiger partial charge < -0.3 is 14.9 Å². The number of nitrogens with zero attached hydrogens (tertiary/aromatic N) is 2. The van der Waals surface area contributed by atoms with Crippen molar-refractivity contribution in [1.82, 2.24) is 5.43 Å². The lowest BCUT2D eigenvalue weighted by atomic mass is 10.1. The Bertz CT molecular complexity index is 885. The van der Waals surface area contributed by atoms with E-state index in [1.54, 1.807) is 6.92 Å². The van der Waals surface area contributed by atoms with Crippen molar-refractivity contribution >= 4 is 29.4 Å². The van der Waals surface area contributed by atoms with Gasteiger partial charge in [0.2, 0.25) is 0 Å². The molecule has 0 aliphatic rings. The molecule has 9 nitrogen and oxygen atoms in total. The monoisotopic (exact) mass is 378 g/mol. The van der Waals surface area contributed by atoms with Crippen molar-refractivity contribution in [1.29, 1.82) is 0 Å². The second-order valence-corrected chi connectivity index (χ2v) is 5.35. The fraction of sp³-hybridized carbons (Fsp3) is 0.125. The van der Waals surface area contributed by atoms with E-state index < -0.39 is 16.6 Å². The van der Waals surface area contributed by atoms with E-state index in [0.29, 0.717) is 0 Å². The fourth-order valence-corrected chi connectivity index (χ4v) is 2.16. The zero-order valence-corrected chi connectivity index (χ0v) is 14.2. The van der Waals surface area contributed by atoms with Crippen molar-refractivity contribution in [2.75, 3.05) is 6.61 Å². The van der Waals surface area contributed by atoms with E-state index in [1.807, 2.05) is 0 Å². The number of hydrazone groups is 1. The Morgan fingerprint density at radius 2 is 2.15 bits per heavy atom. The summed E-state index contributed by atoms with van der Waals surface area (Å²) in [6, 6.07) is 5.91. The van der Waals surface area contributed by atoms with Crippen molar-refractivity contribution in [2.24, 2.45) is 5.10 Å². The largest absolute Gasteiger partial charge is 0.870 e. The number of hydrogen-bond donors (Lipinski definition) is 2. The number of nitro benzene ring substituents is 1. The maximum absolute atomic E-state index is 12.2. The maximum atomic E-state index is 12.2. The minimum atomic E-state index is -0.774. The van der Waals surface area contributed by atoms with Crippen molar-refractivity contribution in [3.63, 3.8) is 0 Å². The first-order valence-electron chi connectivity index (χ1n) is 7.27. The molecule has 0 saturated carbocycles. The smallest absolute Gasteiger partial charge is 0.275 e. The first kappa shape index (κ1) is 19.0. The highest BCUT2D eigenvalue weighted by molar-refractivity contribution is 6.31. The summed E-state index contributed by atoms with van der Waals surface area (Å²) >= 11 is 5.76. The van der Waals surface area contributed by atoms with Crippen LogP contribution >= 0.6 is 11.6 Å². The molecule has 0 saturated heterocycles. The molecule has 0 heterocycles. The van der Waals surface area contributed by atoms with Gasteiger partial charge in [-0.2, -0.15) is 5.10 Å². The minimum absolute atomic E-state index is 0.119. The number of amides is 1. The summed E-state index contributed by atoms with van der Waals surface area (Å²) in [4.78, 5) is 22.3. The molecular formula is C16H13ClN3O6-. The Morgan fingerprint density at radius 3 is 2.81 bits per heavy atom. The Morgan fingerprint density at radius 1 is 1.42 bits per heavy atom. The minimum Gasteiger partial charge on any atom is -0.870 e. The van der Waals surface area contributed by atoms with Gasteiger partial charge in [-0.15, -0.1) is 0 Å². The number of hydrogen-bond acceptors (Lipinski definition) is 7. The van der Waals surface area contributed by atoms with E-state index in [4.69, 9.17) is 16.3 Å². The molecular weight excluding hydrogens is 366 g/mol. The van der Waals surface area contributed by atoms with Crippen molar-refractivity contribution in [3.05, 3.63) is 56.6 Å². The number of benzene rings is 2. The van der Waals surface area contributed by atoms with Gasteiger partial charge in [0.05, 0.1) is 29.4 Å². The maximum Gasteiger partial charge on any atom is 0.275 e. The number of phenols is 1. The number of nitrogens with one attached hydrogen (secondary N) is 1. The number of aromatic hydroxyl groups is 1. The number of phenolic OH excluding ortho intramolecular Hbond substituents is 1. The van der Waals surface area contributed by atoms with Crippen molar-refractivity contribution in [3.8, 4) is 17.2 Å². The molecule has 136 valence electrons. The van der Waals surface area contributed by atoms with E-state index in [9.17, 15) is 25.1 Å². The normalized spacial score (nSPS) is 10.7. The quantitative estimate of drug-likeness (QED) is 0.449. The lowest BCUT2D eigenvalue weighted by molar-refractivity contribution is -0.385. The summed E-state index contributed by atoms with van der Waals surface area (Å²) in [5.41, 5.74) is 1.49. The summed E-state index contributed by atoms with van der Waals surface area (Å²) in [7, 11) is 0. The third-order valence-corrected chi connectivity index (χ3v) is 3.39. The summed E-state index contributed by atoms with van der Waals surface area (Å²) in [6.45, 7) is 1.78. The predicted octanol–water partition coefficient (Wildman–Crippen LogP) is 2.19. The average molecular weight is 379 g/mol.